The van der Waals surface area contributed by atoms with E-state index in [0.717, 1.165) is 12.2 Å². The molecule has 0 saturated heterocycles. The van der Waals surface area contributed by atoms with Crippen molar-refractivity contribution in [1.29, 1.82) is 0 Å². The monoisotopic (exact) mass is 338 g/mol. The molecule has 1 nitrogen and oxygen atoms in total. The van der Waals surface area contributed by atoms with Crippen LogP contribution >= 0.6 is 12.0 Å². The molecule has 0 radical (unpaired) electrons. The summed E-state index contributed by atoms with van der Waals surface area (Å²) in [5, 5.41) is 2.61. The SMILES string of the molecule is C[SiH](C)OSCCc1ccc(-c2cccc3ccccc23)cc1. The smallest absolute Gasteiger partial charge is 0.190 e. The number of rotatable bonds is 6. The zero-order valence-electron chi connectivity index (χ0n) is 13.7. The van der Waals surface area contributed by atoms with E-state index in [-0.39, 0.29) is 0 Å². The van der Waals surface area contributed by atoms with Gasteiger partial charge in [-0.15, -0.1) is 0 Å². The predicted molar refractivity (Wildman–Crippen MR) is 106 cm³/mol. The van der Waals surface area contributed by atoms with Gasteiger partial charge in [0.05, 0.1) is 0 Å². The normalized spacial score (nSPS) is 11.3. The van der Waals surface area contributed by atoms with Crippen LogP contribution in [-0.2, 0) is 10.3 Å². The van der Waals surface area contributed by atoms with Crippen LogP contribution in [0.4, 0.5) is 0 Å². The minimum Gasteiger partial charge on any atom is -0.361 e. The Bertz CT molecular complexity index is 763. The van der Waals surface area contributed by atoms with Gasteiger partial charge in [-0.25, -0.2) is 0 Å². The van der Waals surface area contributed by atoms with Gasteiger partial charge in [0, 0.05) is 5.75 Å². The minimum atomic E-state index is -0.906. The Kier molecular flexibility index (Phi) is 5.54. The molecule has 118 valence electrons. The maximum atomic E-state index is 5.66. The summed E-state index contributed by atoms with van der Waals surface area (Å²) in [6, 6.07) is 24.0. The molecule has 23 heavy (non-hydrogen) atoms. The number of hydrogen-bond acceptors (Lipinski definition) is 2. The second-order valence-corrected chi connectivity index (χ2v) is 9.45. The standard InChI is InChI=1S/C20H22OSSi/c1-23(2)21-22-15-14-16-10-12-18(13-11-16)20-9-5-7-17-6-3-4-8-19(17)20/h3-13,23H,14-15H2,1-2H3. The predicted octanol–water partition coefficient (Wildman–Crippen LogP) is 5.70. The highest BCUT2D eigenvalue weighted by molar-refractivity contribution is 7.95. The maximum Gasteiger partial charge on any atom is 0.190 e. The van der Waals surface area contributed by atoms with E-state index in [4.69, 9.17) is 3.87 Å². The van der Waals surface area contributed by atoms with Crippen LogP contribution < -0.4 is 0 Å². The second kappa shape index (κ2) is 7.82. The molecule has 0 aliphatic carbocycles. The van der Waals surface area contributed by atoms with Crippen molar-refractivity contribution in [3.63, 3.8) is 0 Å². The summed E-state index contributed by atoms with van der Waals surface area (Å²) in [6.07, 6.45) is 1.06. The zero-order chi connectivity index (χ0) is 16.1. The first-order valence-corrected chi connectivity index (χ1v) is 11.8. The van der Waals surface area contributed by atoms with E-state index in [1.54, 1.807) is 12.0 Å². The zero-order valence-corrected chi connectivity index (χ0v) is 15.6. The summed E-state index contributed by atoms with van der Waals surface area (Å²) >= 11 is 1.62. The van der Waals surface area contributed by atoms with Gasteiger partial charge in [-0.3, -0.25) is 0 Å². The summed E-state index contributed by atoms with van der Waals surface area (Å²) < 4.78 is 5.66. The largest absolute Gasteiger partial charge is 0.361 e. The first-order chi connectivity index (χ1) is 11.2. The molecule has 0 heterocycles. The van der Waals surface area contributed by atoms with Crippen LogP contribution in [0.2, 0.25) is 13.1 Å². The molecule has 0 atom stereocenters. The second-order valence-electron chi connectivity index (χ2n) is 5.94. The van der Waals surface area contributed by atoms with Crippen molar-refractivity contribution in [2.75, 3.05) is 5.75 Å². The van der Waals surface area contributed by atoms with Gasteiger partial charge in [-0.1, -0.05) is 66.7 Å². The number of hydrogen-bond donors (Lipinski definition) is 0. The first-order valence-electron chi connectivity index (χ1n) is 8.09. The Morgan fingerprint density at radius 1 is 0.870 bits per heavy atom. The van der Waals surface area contributed by atoms with E-state index >= 15 is 0 Å². The maximum absolute atomic E-state index is 5.66. The number of fused-ring (bicyclic) bond motifs is 1. The van der Waals surface area contributed by atoms with Gasteiger partial charge in [0.2, 0.25) is 0 Å². The molecule has 0 aromatic heterocycles. The molecule has 0 amide bonds. The highest BCUT2D eigenvalue weighted by Gasteiger charge is 2.04. The van der Waals surface area contributed by atoms with Crippen molar-refractivity contribution in [3.05, 3.63) is 72.3 Å². The fourth-order valence-corrected chi connectivity index (χ4v) is 4.46. The summed E-state index contributed by atoms with van der Waals surface area (Å²) in [5.74, 6) is 1.03. The lowest BCUT2D eigenvalue weighted by Crippen LogP contribution is -2.02. The molecule has 3 heteroatoms. The summed E-state index contributed by atoms with van der Waals surface area (Å²) in [4.78, 5) is 0. The molecular weight excluding hydrogens is 316 g/mol. The molecule has 3 rings (SSSR count). The van der Waals surface area contributed by atoms with Gasteiger partial charge in [0.25, 0.3) is 0 Å². The van der Waals surface area contributed by atoms with Crippen LogP contribution in [0.3, 0.4) is 0 Å². The lowest BCUT2D eigenvalue weighted by atomic mass is 9.97. The molecule has 0 aliphatic rings. The van der Waals surface area contributed by atoms with Gasteiger partial charge in [-0.2, -0.15) is 0 Å². The number of benzene rings is 3. The van der Waals surface area contributed by atoms with E-state index < -0.39 is 9.04 Å². The van der Waals surface area contributed by atoms with Crippen LogP contribution in [0.5, 0.6) is 0 Å². The van der Waals surface area contributed by atoms with E-state index in [9.17, 15) is 0 Å². The highest BCUT2D eigenvalue weighted by atomic mass is 32.2. The minimum absolute atomic E-state index is 0.906. The molecule has 3 aromatic carbocycles. The van der Waals surface area contributed by atoms with Gasteiger partial charge in [-0.05, 0) is 59.0 Å². The van der Waals surface area contributed by atoms with Crippen molar-refractivity contribution in [1.82, 2.24) is 0 Å². The molecule has 0 spiro atoms. The van der Waals surface area contributed by atoms with Crippen LogP contribution in [-0.4, -0.2) is 14.8 Å². The molecular formula is C20H22OSSi. The third-order valence-electron chi connectivity index (χ3n) is 3.79. The Labute approximate surface area is 144 Å². The van der Waals surface area contributed by atoms with E-state index in [0.29, 0.717) is 0 Å². The van der Waals surface area contributed by atoms with Crippen molar-refractivity contribution in [3.8, 4) is 11.1 Å². The summed E-state index contributed by atoms with van der Waals surface area (Å²) in [5.41, 5.74) is 3.96. The Balaban J connectivity index is 1.74. The van der Waals surface area contributed by atoms with Crippen molar-refractivity contribution in [2.24, 2.45) is 0 Å². The van der Waals surface area contributed by atoms with Crippen LogP contribution in [0.25, 0.3) is 21.9 Å². The van der Waals surface area contributed by atoms with Gasteiger partial charge in [0.1, 0.15) is 0 Å². The van der Waals surface area contributed by atoms with Gasteiger partial charge >= 0.3 is 0 Å². The lowest BCUT2D eigenvalue weighted by molar-refractivity contribution is 0.679. The molecule has 0 unspecified atom stereocenters. The number of aryl methyl sites for hydroxylation is 1. The summed E-state index contributed by atoms with van der Waals surface area (Å²) in [7, 11) is -0.906. The average Bonchev–Trinajstić information content (AvgIpc) is 2.59. The van der Waals surface area contributed by atoms with Crippen LogP contribution in [0.1, 0.15) is 5.56 Å². The van der Waals surface area contributed by atoms with E-state index in [1.165, 1.54) is 27.5 Å². The third-order valence-corrected chi connectivity index (χ3v) is 6.24. The molecule has 0 N–H and O–H groups in total. The summed E-state index contributed by atoms with van der Waals surface area (Å²) in [6.45, 7) is 4.40. The fraction of sp³-hybridized carbons (Fsp3) is 0.200. The van der Waals surface area contributed by atoms with Gasteiger partial charge < -0.3 is 3.87 Å². The third kappa shape index (κ3) is 4.25. The molecule has 0 aliphatic heterocycles. The highest BCUT2D eigenvalue weighted by Crippen LogP contribution is 2.28. The molecule has 0 saturated carbocycles. The Morgan fingerprint density at radius 2 is 1.61 bits per heavy atom. The van der Waals surface area contributed by atoms with Crippen molar-refractivity contribution >= 4 is 31.9 Å². The Hall–Kier alpha value is -1.55. The quantitative estimate of drug-likeness (QED) is 0.324. The Morgan fingerprint density at radius 3 is 2.39 bits per heavy atom. The van der Waals surface area contributed by atoms with Crippen LogP contribution in [0.15, 0.2) is 66.7 Å². The topological polar surface area (TPSA) is 9.23 Å². The molecule has 0 bridgehead atoms. The average molecular weight is 339 g/mol. The van der Waals surface area contributed by atoms with E-state index in [1.807, 2.05) is 0 Å². The van der Waals surface area contributed by atoms with E-state index in [2.05, 4.69) is 79.8 Å². The van der Waals surface area contributed by atoms with Crippen molar-refractivity contribution < 1.29 is 3.87 Å². The molecule has 3 aromatic rings. The lowest BCUT2D eigenvalue weighted by Gasteiger charge is -2.08. The van der Waals surface area contributed by atoms with Gasteiger partial charge in [0.15, 0.2) is 9.04 Å². The van der Waals surface area contributed by atoms with Crippen LogP contribution in [0, 0.1) is 0 Å². The van der Waals surface area contributed by atoms with Crippen molar-refractivity contribution in [2.45, 2.75) is 19.5 Å². The molecule has 0 fully saturated rings. The fourth-order valence-electron chi connectivity index (χ4n) is 2.67. The first kappa shape index (κ1) is 16.3.